The molecular weight excluding hydrogens is 440 g/mol. The van der Waals surface area contributed by atoms with Gasteiger partial charge in [0.05, 0.1) is 45.6 Å². The van der Waals surface area contributed by atoms with Crippen molar-refractivity contribution in [2.75, 3.05) is 55.6 Å². The van der Waals surface area contributed by atoms with E-state index in [9.17, 15) is 14.7 Å². The van der Waals surface area contributed by atoms with Gasteiger partial charge in [-0.05, 0) is 38.4 Å². The highest BCUT2D eigenvalue weighted by Gasteiger charge is 2.47. The van der Waals surface area contributed by atoms with Crippen molar-refractivity contribution >= 4 is 17.4 Å². The first-order valence-corrected chi connectivity index (χ1v) is 10.6. The molecule has 1 N–H and O–H groups in total. The number of likely N-dealkylation sites (N-methyl/N-ethyl adjacent to an activating group) is 1. The number of benzene rings is 2. The Morgan fingerprint density at radius 1 is 0.971 bits per heavy atom. The van der Waals surface area contributed by atoms with Crippen LogP contribution in [0.5, 0.6) is 23.0 Å². The van der Waals surface area contributed by atoms with E-state index in [1.54, 1.807) is 36.4 Å². The molecule has 1 amide bonds. The molecule has 1 fully saturated rings. The zero-order valence-electron chi connectivity index (χ0n) is 20.2. The fourth-order valence-corrected chi connectivity index (χ4v) is 4.01. The van der Waals surface area contributed by atoms with Gasteiger partial charge < -0.3 is 33.9 Å². The average molecular weight is 471 g/mol. The monoisotopic (exact) mass is 470 g/mol. The Kier molecular flexibility index (Phi) is 7.68. The molecule has 0 aromatic heterocycles. The Bertz CT molecular complexity index is 1110. The third-order valence-electron chi connectivity index (χ3n) is 5.72. The second-order valence-corrected chi connectivity index (χ2v) is 7.94. The van der Waals surface area contributed by atoms with E-state index in [1.807, 2.05) is 19.0 Å². The van der Waals surface area contributed by atoms with Gasteiger partial charge in [0.1, 0.15) is 17.3 Å². The maximum Gasteiger partial charge on any atom is 0.295 e. The van der Waals surface area contributed by atoms with E-state index in [0.717, 1.165) is 0 Å². The number of methoxy groups -OCH3 is 4. The summed E-state index contributed by atoms with van der Waals surface area (Å²) in [6.07, 6.45) is 0. The maximum absolute atomic E-state index is 13.3. The fraction of sp³-hybridized carbons (Fsp3) is 0.360. The lowest BCUT2D eigenvalue weighted by molar-refractivity contribution is -0.140. The molecule has 34 heavy (non-hydrogen) atoms. The van der Waals surface area contributed by atoms with Crippen molar-refractivity contribution < 1.29 is 33.6 Å². The molecule has 3 rings (SSSR count). The summed E-state index contributed by atoms with van der Waals surface area (Å²) in [5, 5.41) is 11.4. The van der Waals surface area contributed by atoms with Crippen molar-refractivity contribution in [3.05, 3.63) is 53.1 Å². The van der Waals surface area contributed by atoms with Gasteiger partial charge in [0.25, 0.3) is 11.7 Å². The van der Waals surface area contributed by atoms with Crippen LogP contribution in [0.25, 0.3) is 5.76 Å². The lowest BCUT2D eigenvalue weighted by Crippen LogP contribution is -2.35. The molecule has 1 unspecified atom stereocenters. The molecule has 2 aromatic carbocycles. The number of ether oxygens (including phenoxy) is 4. The van der Waals surface area contributed by atoms with E-state index in [0.29, 0.717) is 35.1 Å². The molecule has 1 saturated heterocycles. The van der Waals surface area contributed by atoms with Crippen LogP contribution < -0.4 is 18.9 Å². The molecule has 1 aliphatic heterocycles. The summed E-state index contributed by atoms with van der Waals surface area (Å²) in [6, 6.07) is 9.16. The van der Waals surface area contributed by atoms with Crippen LogP contribution in [0.15, 0.2) is 42.0 Å². The minimum Gasteiger partial charge on any atom is -0.507 e. The van der Waals surface area contributed by atoms with Crippen LogP contribution in [0.2, 0.25) is 0 Å². The van der Waals surface area contributed by atoms with Gasteiger partial charge >= 0.3 is 0 Å². The number of Topliss-reactive ketones (excluding diaryl/α,β-unsaturated/α-hetero) is 1. The summed E-state index contributed by atoms with van der Waals surface area (Å²) in [5.41, 5.74) is 0.685. The summed E-state index contributed by atoms with van der Waals surface area (Å²) in [6.45, 7) is 0.771. The van der Waals surface area contributed by atoms with Crippen molar-refractivity contribution in [1.29, 1.82) is 0 Å². The number of carbonyl (C=O) groups is 2. The van der Waals surface area contributed by atoms with Crippen LogP contribution in [0.3, 0.4) is 0 Å². The van der Waals surface area contributed by atoms with Crippen LogP contribution in [0, 0.1) is 0 Å². The van der Waals surface area contributed by atoms with Crippen molar-refractivity contribution in [1.82, 2.24) is 9.80 Å². The number of ketones is 1. The minimum absolute atomic E-state index is 0.0677. The Hall–Kier alpha value is -3.72. The van der Waals surface area contributed by atoms with Crippen molar-refractivity contribution in [3.8, 4) is 23.0 Å². The predicted molar refractivity (Wildman–Crippen MR) is 127 cm³/mol. The largest absolute Gasteiger partial charge is 0.507 e. The summed E-state index contributed by atoms with van der Waals surface area (Å²) in [7, 11) is 9.69. The molecule has 9 heteroatoms. The number of amides is 1. The normalized spacial score (nSPS) is 17.3. The molecule has 1 heterocycles. The highest BCUT2D eigenvalue weighted by atomic mass is 16.5. The molecule has 0 aliphatic carbocycles. The zero-order chi connectivity index (χ0) is 25.0. The van der Waals surface area contributed by atoms with Crippen LogP contribution in [-0.4, -0.2) is 82.2 Å². The molecule has 0 saturated carbocycles. The third-order valence-corrected chi connectivity index (χ3v) is 5.72. The smallest absolute Gasteiger partial charge is 0.295 e. The number of aliphatic hydroxyl groups is 1. The Morgan fingerprint density at radius 3 is 2.26 bits per heavy atom. The van der Waals surface area contributed by atoms with Crippen molar-refractivity contribution in [3.63, 3.8) is 0 Å². The molecule has 1 aliphatic rings. The standard InChI is InChI=1S/C25H30N2O7/c1-26(2)12-13-27-21(16-8-7-9-19(33-5)24(16)34-6)20(23(29)25(27)30)22(28)17-14-15(31-3)10-11-18(17)32-4/h7-11,14,21,28H,12-13H2,1-6H3/b22-20+. The summed E-state index contributed by atoms with van der Waals surface area (Å²) in [5.74, 6) is -0.270. The molecule has 2 aromatic rings. The molecule has 1 atom stereocenters. The van der Waals surface area contributed by atoms with Crippen LogP contribution in [-0.2, 0) is 9.59 Å². The van der Waals surface area contributed by atoms with Crippen LogP contribution >= 0.6 is 0 Å². The number of aliphatic hydroxyl groups excluding tert-OH is 1. The van der Waals surface area contributed by atoms with Gasteiger partial charge in [-0.15, -0.1) is 0 Å². The Morgan fingerprint density at radius 2 is 1.68 bits per heavy atom. The fourth-order valence-electron chi connectivity index (χ4n) is 4.01. The van der Waals surface area contributed by atoms with Crippen molar-refractivity contribution in [2.45, 2.75) is 6.04 Å². The van der Waals surface area contributed by atoms with E-state index >= 15 is 0 Å². The SMILES string of the molecule is COc1ccc(OC)c(/C(O)=C2\C(=O)C(=O)N(CCN(C)C)C2c2cccc(OC)c2OC)c1. The minimum atomic E-state index is -0.902. The maximum atomic E-state index is 13.3. The molecule has 9 nitrogen and oxygen atoms in total. The van der Waals surface area contributed by atoms with Gasteiger partial charge in [0.15, 0.2) is 11.5 Å². The van der Waals surface area contributed by atoms with Gasteiger partial charge in [-0.3, -0.25) is 9.59 Å². The lowest BCUT2D eigenvalue weighted by atomic mass is 9.94. The molecule has 0 spiro atoms. The molecular formula is C25H30N2O7. The number of rotatable bonds is 9. The zero-order valence-corrected chi connectivity index (χ0v) is 20.2. The number of hydrogen-bond acceptors (Lipinski definition) is 8. The molecule has 182 valence electrons. The third kappa shape index (κ3) is 4.51. The molecule has 0 radical (unpaired) electrons. The quantitative estimate of drug-likeness (QED) is 0.339. The predicted octanol–water partition coefficient (Wildman–Crippen LogP) is 2.70. The first-order chi connectivity index (χ1) is 16.3. The van der Waals surface area contributed by atoms with Crippen LogP contribution in [0.1, 0.15) is 17.2 Å². The van der Waals surface area contributed by atoms with Gasteiger partial charge in [0, 0.05) is 18.7 Å². The van der Waals surface area contributed by atoms with Gasteiger partial charge in [-0.2, -0.15) is 0 Å². The summed E-state index contributed by atoms with van der Waals surface area (Å²) in [4.78, 5) is 29.8. The second-order valence-electron chi connectivity index (χ2n) is 7.94. The van der Waals surface area contributed by atoms with E-state index in [1.165, 1.54) is 33.3 Å². The Labute approximate surface area is 199 Å². The highest BCUT2D eigenvalue weighted by molar-refractivity contribution is 6.46. The number of carbonyl (C=O) groups excluding carboxylic acids is 2. The molecule has 0 bridgehead atoms. The van der Waals surface area contributed by atoms with Gasteiger partial charge in [-0.1, -0.05) is 12.1 Å². The van der Waals surface area contributed by atoms with E-state index in [4.69, 9.17) is 18.9 Å². The number of hydrogen-bond donors (Lipinski definition) is 1. The topological polar surface area (TPSA) is 97.8 Å². The number of likely N-dealkylation sites (tertiary alicyclic amines) is 1. The summed E-state index contributed by atoms with van der Waals surface area (Å²) < 4.78 is 21.7. The van der Waals surface area contributed by atoms with Crippen LogP contribution in [0.4, 0.5) is 0 Å². The van der Waals surface area contributed by atoms with Gasteiger partial charge in [0.2, 0.25) is 0 Å². The van der Waals surface area contributed by atoms with E-state index in [-0.39, 0.29) is 23.4 Å². The van der Waals surface area contributed by atoms with Gasteiger partial charge in [-0.25, -0.2) is 0 Å². The lowest BCUT2D eigenvalue weighted by Gasteiger charge is -2.28. The first kappa shape index (κ1) is 24.9. The summed E-state index contributed by atoms with van der Waals surface area (Å²) >= 11 is 0. The van der Waals surface area contributed by atoms with E-state index < -0.39 is 17.7 Å². The Balaban J connectivity index is 2.31. The second kappa shape index (κ2) is 10.5. The van der Waals surface area contributed by atoms with E-state index in [2.05, 4.69) is 0 Å². The number of para-hydroxylation sites is 1. The average Bonchev–Trinajstić information content (AvgIpc) is 3.10. The number of nitrogens with zero attached hydrogens (tertiary/aromatic N) is 2. The van der Waals surface area contributed by atoms with Crippen molar-refractivity contribution in [2.24, 2.45) is 0 Å². The highest BCUT2D eigenvalue weighted by Crippen LogP contribution is 2.46. The first-order valence-electron chi connectivity index (χ1n) is 10.6.